The first-order chi connectivity index (χ1) is 14.6. The van der Waals surface area contributed by atoms with Crippen molar-refractivity contribution < 1.29 is 29.6 Å². The molecule has 31 heavy (non-hydrogen) atoms. The Hall–Kier alpha value is -3.42. The second kappa shape index (κ2) is 10.6. The molecule has 0 spiro atoms. The minimum atomic E-state index is -0.685. The number of hydrogen-bond acceptors (Lipinski definition) is 6. The predicted octanol–water partition coefficient (Wildman–Crippen LogP) is 2.81. The maximum atomic E-state index is 12.0. The number of nitrogens with one attached hydrogen (secondary N) is 2. The molecule has 5 N–H and O–H groups in total. The van der Waals surface area contributed by atoms with Gasteiger partial charge in [0.05, 0.1) is 6.61 Å². The molecule has 2 amide bonds. The molecule has 0 aliphatic heterocycles. The Bertz CT molecular complexity index is 880. The van der Waals surface area contributed by atoms with Gasteiger partial charge < -0.3 is 30.7 Å². The van der Waals surface area contributed by atoms with Gasteiger partial charge in [0.25, 0.3) is 5.91 Å². The van der Waals surface area contributed by atoms with Crippen LogP contribution in [0.3, 0.4) is 0 Å². The number of phenolic OH excluding ortho intramolecular Hbond substituents is 3. The zero-order valence-electron chi connectivity index (χ0n) is 18.1. The van der Waals surface area contributed by atoms with Crippen LogP contribution in [-0.4, -0.2) is 46.8 Å². The Morgan fingerprint density at radius 1 is 0.935 bits per heavy atom. The summed E-state index contributed by atoms with van der Waals surface area (Å²) >= 11 is 0. The van der Waals surface area contributed by atoms with Gasteiger partial charge >= 0.3 is 0 Å². The van der Waals surface area contributed by atoms with Crippen molar-refractivity contribution in [2.24, 2.45) is 0 Å². The molecule has 8 heteroatoms. The van der Waals surface area contributed by atoms with Crippen LogP contribution in [-0.2, 0) is 10.2 Å². The number of hydrogen-bond donors (Lipinski definition) is 5. The Kier molecular flexibility index (Phi) is 8.13. The number of rotatable bonds is 9. The van der Waals surface area contributed by atoms with E-state index in [4.69, 9.17) is 4.74 Å². The number of carbonyl (C=O) groups excluding carboxylic acids is 2. The van der Waals surface area contributed by atoms with Gasteiger partial charge in [-0.05, 0) is 41.7 Å². The number of carbonyl (C=O) groups is 2. The molecule has 0 aliphatic carbocycles. The minimum Gasteiger partial charge on any atom is -0.504 e. The Labute approximate surface area is 181 Å². The normalized spacial score (nSPS) is 11.1. The van der Waals surface area contributed by atoms with E-state index < -0.39 is 23.2 Å². The van der Waals surface area contributed by atoms with E-state index in [1.165, 1.54) is 5.56 Å². The molecule has 0 heterocycles. The molecule has 0 aromatic heterocycles. The van der Waals surface area contributed by atoms with Crippen molar-refractivity contribution in [3.05, 3.63) is 47.5 Å². The van der Waals surface area contributed by atoms with Crippen molar-refractivity contribution in [1.29, 1.82) is 0 Å². The van der Waals surface area contributed by atoms with Crippen LogP contribution in [0.25, 0.3) is 0 Å². The summed E-state index contributed by atoms with van der Waals surface area (Å²) in [6.07, 6.45) is 0.860. The third-order valence-corrected chi connectivity index (χ3v) is 4.60. The van der Waals surface area contributed by atoms with Crippen molar-refractivity contribution in [3.63, 3.8) is 0 Å². The van der Waals surface area contributed by atoms with Crippen LogP contribution in [0.5, 0.6) is 23.0 Å². The standard InChI is InChI=1S/C23H30N2O6/c1-23(2,3)16-6-8-17(9-7-16)31-12-4-5-20(28)24-10-11-25-22(30)15-13-18(26)21(29)19(27)14-15/h6-9,13-14,26-27,29H,4-5,10-12H2,1-3H3,(H,24,28)(H,25,30). The first-order valence-corrected chi connectivity index (χ1v) is 10.1. The fraction of sp³-hybridized carbons (Fsp3) is 0.391. The molecule has 0 atom stereocenters. The summed E-state index contributed by atoms with van der Waals surface area (Å²) in [5.74, 6) is -1.81. The molecule has 0 fully saturated rings. The van der Waals surface area contributed by atoms with Crippen LogP contribution >= 0.6 is 0 Å². The average molecular weight is 431 g/mol. The molecule has 0 unspecified atom stereocenters. The molecule has 0 radical (unpaired) electrons. The largest absolute Gasteiger partial charge is 0.504 e. The van der Waals surface area contributed by atoms with Crippen LogP contribution in [0, 0.1) is 0 Å². The summed E-state index contributed by atoms with van der Waals surface area (Å²) in [5.41, 5.74) is 1.31. The van der Waals surface area contributed by atoms with Gasteiger partial charge in [0.15, 0.2) is 17.2 Å². The summed E-state index contributed by atoms with van der Waals surface area (Å²) in [6.45, 7) is 7.27. The molecule has 2 aromatic rings. The van der Waals surface area contributed by atoms with Gasteiger partial charge in [-0.1, -0.05) is 32.9 Å². The van der Waals surface area contributed by atoms with E-state index in [1.807, 2.05) is 24.3 Å². The summed E-state index contributed by atoms with van der Waals surface area (Å²) in [5, 5.41) is 33.4. The average Bonchev–Trinajstić information content (AvgIpc) is 2.71. The fourth-order valence-corrected chi connectivity index (χ4v) is 2.78. The molecule has 168 valence electrons. The maximum absolute atomic E-state index is 12.0. The van der Waals surface area contributed by atoms with Crippen LogP contribution in [0.4, 0.5) is 0 Å². The van der Waals surface area contributed by atoms with E-state index in [-0.39, 0.29) is 30.0 Å². The van der Waals surface area contributed by atoms with Crippen molar-refractivity contribution in [2.45, 2.75) is 39.0 Å². The summed E-state index contributed by atoms with van der Waals surface area (Å²) in [7, 11) is 0. The van der Waals surface area contributed by atoms with Gasteiger partial charge in [-0.15, -0.1) is 0 Å². The van der Waals surface area contributed by atoms with E-state index in [1.54, 1.807) is 0 Å². The highest BCUT2D eigenvalue weighted by Gasteiger charge is 2.14. The predicted molar refractivity (Wildman–Crippen MR) is 117 cm³/mol. The van der Waals surface area contributed by atoms with Crippen LogP contribution in [0.2, 0.25) is 0 Å². The molecule has 0 saturated heterocycles. The monoisotopic (exact) mass is 430 g/mol. The van der Waals surface area contributed by atoms with Gasteiger partial charge in [0.1, 0.15) is 5.75 Å². The molecule has 0 bridgehead atoms. The number of phenols is 3. The number of benzene rings is 2. The summed E-state index contributed by atoms with van der Waals surface area (Å²) in [4.78, 5) is 23.9. The first-order valence-electron chi connectivity index (χ1n) is 10.1. The molecule has 0 aliphatic rings. The van der Waals surface area contributed by atoms with Crippen molar-refractivity contribution in [2.75, 3.05) is 19.7 Å². The van der Waals surface area contributed by atoms with E-state index in [2.05, 4.69) is 31.4 Å². The number of aromatic hydroxyl groups is 3. The minimum absolute atomic E-state index is 0.00759. The quantitative estimate of drug-likeness (QED) is 0.307. The van der Waals surface area contributed by atoms with Crippen LogP contribution in [0.15, 0.2) is 36.4 Å². The molecular weight excluding hydrogens is 400 g/mol. The summed E-state index contributed by atoms with van der Waals surface area (Å²) < 4.78 is 5.66. The van der Waals surface area contributed by atoms with Crippen molar-refractivity contribution in [1.82, 2.24) is 10.6 Å². The number of ether oxygens (including phenoxy) is 1. The van der Waals surface area contributed by atoms with Gasteiger partial charge in [0.2, 0.25) is 5.91 Å². The highest BCUT2D eigenvalue weighted by Crippen LogP contribution is 2.35. The van der Waals surface area contributed by atoms with Gasteiger partial charge in [-0.25, -0.2) is 0 Å². The Balaban J connectivity index is 1.61. The first kappa shape index (κ1) is 23.9. The van der Waals surface area contributed by atoms with Crippen molar-refractivity contribution in [3.8, 4) is 23.0 Å². The lowest BCUT2D eigenvalue weighted by Crippen LogP contribution is -2.34. The topological polar surface area (TPSA) is 128 Å². The van der Waals surface area contributed by atoms with Crippen LogP contribution in [0.1, 0.15) is 49.5 Å². The third kappa shape index (κ3) is 7.40. The van der Waals surface area contributed by atoms with Crippen molar-refractivity contribution >= 4 is 11.8 Å². The number of amides is 2. The lowest BCUT2D eigenvalue weighted by molar-refractivity contribution is -0.121. The SMILES string of the molecule is CC(C)(C)c1ccc(OCCCC(=O)NCCNC(=O)c2cc(O)c(O)c(O)c2)cc1. The molecule has 2 rings (SSSR count). The van der Waals surface area contributed by atoms with E-state index in [0.29, 0.717) is 19.4 Å². The molecule has 0 saturated carbocycles. The highest BCUT2D eigenvalue weighted by atomic mass is 16.5. The van der Waals surface area contributed by atoms with E-state index >= 15 is 0 Å². The van der Waals surface area contributed by atoms with Gasteiger partial charge in [0, 0.05) is 25.1 Å². The van der Waals surface area contributed by atoms with Gasteiger partial charge in [-0.2, -0.15) is 0 Å². The lowest BCUT2D eigenvalue weighted by Gasteiger charge is -2.19. The van der Waals surface area contributed by atoms with E-state index in [9.17, 15) is 24.9 Å². The summed E-state index contributed by atoms with van der Waals surface area (Å²) in [6, 6.07) is 10.0. The van der Waals surface area contributed by atoms with Gasteiger partial charge in [-0.3, -0.25) is 9.59 Å². The second-order valence-electron chi connectivity index (χ2n) is 8.20. The molecule has 8 nitrogen and oxygen atoms in total. The maximum Gasteiger partial charge on any atom is 0.251 e. The second-order valence-corrected chi connectivity index (χ2v) is 8.20. The highest BCUT2D eigenvalue weighted by molar-refractivity contribution is 5.95. The smallest absolute Gasteiger partial charge is 0.251 e. The molecule has 2 aromatic carbocycles. The Morgan fingerprint density at radius 2 is 1.52 bits per heavy atom. The zero-order valence-corrected chi connectivity index (χ0v) is 18.1. The fourth-order valence-electron chi connectivity index (χ4n) is 2.78. The van der Waals surface area contributed by atoms with Crippen LogP contribution < -0.4 is 15.4 Å². The zero-order chi connectivity index (χ0) is 23.0. The lowest BCUT2D eigenvalue weighted by atomic mass is 9.87. The Morgan fingerprint density at radius 3 is 2.10 bits per heavy atom. The van der Waals surface area contributed by atoms with E-state index in [0.717, 1.165) is 17.9 Å². The third-order valence-electron chi connectivity index (χ3n) is 4.60. The molecular formula is C23H30N2O6.